The summed E-state index contributed by atoms with van der Waals surface area (Å²) in [5, 5.41) is 0. The molecule has 0 aromatic rings. The molecule has 0 N–H and O–H groups in total. The third kappa shape index (κ3) is 2.35. The number of urea groups is 1. The van der Waals surface area contributed by atoms with Gasteiger partial charge in [0, 0.05) is 25.7 Å². The largest absolute Gasteiger partial charge is 0.378 e. The highest BCUT2D eigenvalue weighted by atomic mass is 16.5. The first-order valence-corrected chi connectivity index (χ1v) is 7.49. The lowest BCUT2D eigenvalue weighted by molar-refractivity contribution is 0.0399. The van der Waals surface area contributed by atoms with Crippen LogP contribution < -0.4 is 0 Å². The number of ether oxygens (including phenoxy) is 1. The lowest BCUT2D eigenvalue weighted by atomic mass is 9.96. The lowest BCUT2D eigenvalue weighted by Crippen LogP contribution is -2.50. The van der Waals surface area contributed by atoms with E-state index in [0.717, 1.165) is 25.6 Å². The normalized spacial score (nSPS) is 30.1. The number of amides is 2. The summed E-state index contributed by atoms with van der Waals surface area (Å²) in [4.78, 5) is 16.7. The zero-order valence-electron chi connectivity index (χ0n) is 11.1. The van der Waals surface area contributed by atoms with Gasteiger partial charge >= 0.3 is 6.03 Å². The van der Waals surface area contributed by atoms with E-state index in [1.165, 1.54) is 38.5 Å². The van der Waals surface area contributed by atoms with Crippen molar-refractivity contribution in [3.05, 3.63) is 0 Å². The second-order valence-corrected chi connectivity index (χ2v) is 5.83. The van der Waals surface area contributed by atoms with Gasteiger partial charge in [0.2, 0.25) is 0 Å². The van der Waals surface area contributed by atoms with Gasteiger partial charge in [-0.05, 0) is 31.6 Å². The van der Waals surface area contributed by atoms with Crippen molar-refractivity contribution in [2.75, 3.05) is 32.8 Å². The molecule has 2 saturated heterocycles. The van der Waals surface area contributed by atoms with Gasteiger partial charge in [-0.25, -0.2) is 4.79 Å². The Morgan fingerprint density at radius 3 is 2.39 bits per heavy atom. The first kappa shape index (κ1) is 12.3. The summed E-state index contributed by atoms with van der Waals surface area (Å²) < 4.78 is 5.33. The van der Waals surface area contributed by atoms with E-state index in [2.05, 4.69) is 4.90 Å². The van der Waals surface area contributed by atoms with E-state index in [-0.39, 0.29) is 6.03 Å². The predicted octanol–water partition coefficient (Wildman–Crippen LogP) is 2.09. The molecule has 4 heteroatoms. The van der Waals surface area contributed by atoms with Crippen LogP contribution in [0.1, 0.15) is 38.5 Å². The second kappa shape index (κ2) is 5.47. The third-order valence-electron chi connectivity index (χ3n) is 4.77. The highest BCUT2D eigenvalue weighted by Gasteiger charge is 2.37. The van der Waals surface area contributed by atoms with E-state index in [9.17, 15) is 4.79 Å². The minimum atomic E-state index is 0.271. The number of hydrogen-bond donors (Lipinski definition) is 0. The first-order chi connectivity index (χ1) is 8.86. The molecule has 1 aliphatic carbocycles. The summed E-state index contributed by atoms with van der Waals surface area (Å²) in [6.07, 6.45) is 7.80. The van der Waals surface area contributed by atoms with Crippen LogP contribution in [0.25, 0.3) is 0 Å². The fourth-order valence-corrected chi connectivity index (χ4v) is 3.80. The van der Waals surface area contributed by atoms with Crippen molar-refractivity contribution in [1.82, 2.24) is 9.80 Å². The standard InChI is InChI=1S/C14H24N2O2/c17-14(15-8-10-18-11-9-15)16-7-3-6-13(16)12-4-1-2-5-12/h12-13H,1-11H2. The molecule has 2 amide bonds. The van der Waals surface area contributed by atoms with E-state index >= 15 is 0 Å². The maximum atomic E-state index is 12.6. The Hall–Kier alpha value is -0.770. The maximum Gasteiger partial charge on any atom is 0.320 e. The highest BCUT2D eigenvalue weighted by molar-refractivity contribution is 5.75. The van der Waals surface area contributed by atoms with Crippen molar-refractivity contribution in [3.63, 3.8) is 0 Å². The van der Waals surface area contributed by atoms with Gasteiger partial charge in [-0.3, -0.25) is 0 Å². The molecule has 2 aliphatic heterocycles. The van der Waals surface area contributed by atoms with Crippen LogP contribution in [0.5, 0.6) is 0 Å². The van der Waals surface area contributed by atoms with Crippen molar-refractivity contribution in [2.45, 2.75) is 44.6 Å². The third-order valence-corrected chi connectivity index (χ3v) is 4.77. The van der Waals surface area contributed by atoms with Crippen LogP contribution in [-0.4, -0.2) is 54.7 Å². The number of carbonyl (C=O) groups is 1. The van der Waals surface area contributed by atoms with Crippen LogP contribution in [0.3, 0.4) is 0 Å². The summed E-state index contributed by atoms with van der Waals surface area (Å²) in [5.74, 6) is 0.775. The van der Waals surface area contributed by atoms with Crippen LogP contribution in [0.15, 0.2) is 0 Å². The Morgan fingerprint density at radius 1 is 0.944 bits per heavy atom. The lowest BCUT2D eigenvalue weighted by Gasteiger charge is -2.35. The Bertz CT molecular complexity index is 296. The molecule has 0 aromatic carbocycles. The van der Waals surface area contributed by atoms with Gasteiger partial charge in [0.25, 0.3) is 0 Å². The van der Waals surface area contributed by atoms with E-state index in [1.807, 2.05) is 4.90 Å². The molecule has 3 aliphatic rings. The summed E-state index contributed by atoms with van der Waals surface area (Å²) in [7, 11) is 0. The molecule has 18 heavy (non-hydrogen) atoms. The molecule has 3 fully saturated rings. The van der Waals surface area contributed by atoms with Gasteiger partial charge in [0.05, 0.1) is 13.2 Å². The van der Waals surface area contributed by atoms with E-state index in [4.69, 9.17) is 4.74 Å². The number of rotatable bonds is 1. The molecule has 0 spiro atoms. The summed E-state index contributed by atoms with van der Waals surface area (Å²) in [6.45, 7) is 3.91. The van der Waals surface area contributed by atoms with Gasteiger partial charge in [-0.15, -0.1) is 0 Å². The number of nitrogens with zero attached hydrogens (tertiary/aromatic N) is 2. The van der Waals surface area contributed by atoms with Crippen LogP contribution >= 0.6 is 0 Å². The highest BCUT2D eigenvalue weighted by Crippen LogP contribution is 2.35. The Morgan fingerprint density at radius 2 is 1.67 bits per heavy atom. The van der Waals surface area contributed by atoms with Gasteiger partial charge in [0.15, 0.2) is 0 Å². The fourth-order valence-electron chi connectivity index (χ4n) is 3.80. The Balaban J connectivity index is 1.63. The number of morpholine rings is 1. The van der Waals surface area contributed by atoms with Crippen molar-refractivity contribution in [2.24, 2.45) is 5.92 Å². The average molecular weight is 252 g/mol. The van der Waals surface area contributed by atoms with Crippen molar-refractivity contribution in [3.8, 4) is 0 Å². The minimum absolute atomic E-state index is 0.271. The summed E-state index contributed by atoms with van der Waals surface area (Å²) >= 11 is 0. The quantitative estimate of drug-likeness (QED) is 0.716. The van der Waals surface area contributed by atoms with Crippen molar-refractivity contribution in [1.29, 1.82) is 0 Å². The molecule has 102 valence electrons. The van der Waals surface area contributed by atoms with Crippen LogP contribution in [0.4, 0.5) is 4.79 Å². The van der Waals surface area contributed by atoms with Gasteiger partial charge in [0.1, 0.15) is 0 Å². The molecular formula is C14H24N2O2. The monoisotopic (exact) mass is 252 g/mol. The van der Waals surface area contributed by atoms with Crippen molar-refractivity contribution < 1.29 is 9.53 Å². The van der Waals surface area contributed by atoms with Crippen LogP contribution in [0, 0.1) is 5.92 Å². The number of hydrogen-bond acceptors (Lipinski definition) is 2. The minimum Gasteiger partial charge on any atom is -0.378 e. The predicted molar refractivity (Wildman–Crippen MR) is 69.5 cm³/mol. The fraction of sp³-hybridized carbons (Fsp3) is 0.929. The number of carbonyl (C=O) groups excluding carboxylic acids is 1. The zero-order chi connectivity index (χ0) is 12.4. The average Bonchev–Trinajstić information content (AvgIpc) is 3.09. The summed E-state index contributed by atoms with van der Waals surface area (Å²) in [5.41, 5.74) is 0. The Labute approximate surface area is 109 Å². The molecule has 2 heterocycles. The maximum absolute atomic E-state index is 12.6. The molecule has 0 radical (unpaired) electrons. The Kier molecular flexibility index (Phi) is 3.73. The van der Waals surface area contributed by atoms with Crippen LogP contribution in [0.2, 0.25) is 0 Å². The van der Waals surface area contributed by atoms with E-state index in [1.54, 1.807) is 0 Å². The molecule has 4 nitrogen and oxygen atoms in total. The molecule has 1 unspecified atom stereocenters. The number of likely N-dealkylation sites (tertiary alicyclic amines) is 1. The molecule has 1 saturated carbocycles. The van der Waals surface area contributed by atoms with E-state index < -0.39 is 0 Å². The first-order valence-electron chi connectivity index (χ1n) is 7.49. The smallest absolute Gasteiger partial charge is 0.320 e. The van der Waals surface area contributed by atoms with Gasteiger partial charge < -0.3 is 14.5 Å². The molecule has 3 rings (SSSR count). The summed E-state index contributed by atoms with van der Waals surface area (Å²) in [6, 6.07) is 0.801. The zero-order valence-corrected chi connectivity index (χ0v) is 11.1. The molecule has 1 atom stereocenters. The van der Waals surface area contributed by atoms with Gasteiger partial charge in [-0.1, -0.05) is 12.8 Å². The molecule has 0 bridgehead atoms. The van der Waals surface area contributed by atoms with Crippen LogP contribution in [-0.2, 0) is 4.74 Å². The van der Waals surface area contributed by atoms with Gasteiger partial charge in [-0.2, -0.15) is 0 Å². The molecular weight excluding hydrogens is 228 g/mol. The SMILES string of the molecule is O=C(N1CCOCC1)N1CCCC1C1CCCC1. The topological polar surface area (TPSA) is 32.8 Å². The second-order valence-electron chi connectivity index (χ2n) is 5.83. The molecule has 0 aromatic heterocycles. The van der Waals surface area contributed by atoms with Crippen molar-refractivity contribution >= 4 is 6.03 Å². The van der Waals surface area contributed by atoms with E-state index in [0.29, 0.717) is 19.3 Å².